The Bertz CT molecular complexity index is 640. The maximum absolute atomic E-state index is 12.0. The number of hydrogen-bond acceptors (Lipinski definition) is 5. The summed E-state index contributed by atoms with van der Waals surface area (Å²) < 4.78 is 30.8. The third-order valence-corrected chi connectivity index (χ3v) is 4.01. The van der Waals surface area contributed by atoms with Crippen molar-refractivity contribution in [1.29, 1.82) is 0 Å². The van der Waals surface area contributed by atoms with Gasteiger partial charge >= 0.3 is 5.97 Å². The topological polar surface area (TPSA) is 136 Å². The van der Waals surface area contributed by atoms with Gasteiger partial charge in [-0.1, -0.05) is 0 Å². The van der Waals surface area contributed by atoms with Crippen LogP contribution in [0.1, 0.15) is 17.3 Å². The van der Waals surface area contributed by atoms with Crippen molar-refractivity contribution in [2.24, 2.45) is 5.73 Å². The van der Waals surface area contributed by atoms with E-state index in [4.69, 9.17) is 15.6 Å². The predicted octanol–water partition coefficient (Wildman–Crippen LogP) is -0.454. The number of rotatable bonds is 6. The third kappa shape index (κ3) is 3.45. The number of methoxy groups -OCH3 is 1. The molecule has 0 radical (unpaired) electrons. The number of carbonyl (C=O) groups is 2. The molecule has 1 rings (SSSR count). The van der Waals surface area contributed by atoms with Crippen LogP contribution >= 0.6 is 0 Å². The van der Waals surface area contributed by atoms with Gasteiger partial charge in [0.15, 0.2) is 0 Å². The first-order valence-electron chi connectivity index (χ1n) is 5.42. The fourth-order valence-electron chi connectivity index (χ4n) is 1.38. The van der Waals surface area contributed by atoms with Crippen molar-refractivity contribution in [3.63, 3.8) is 0 Å². The molecule has 110 valence electrons. The van der Waals surface area contributed by atoms with Gasteiger partial charge in [0.1, 0.15) is 11.3 Å². The lowest BCUT2D eigenvalue weighted by atomic mass is 10.2. The van der Waals surface area contributed by atoms with E-state index in [1.165, 1.54) is 26.2 Å². The van der Waals surface area contributed by atoms with Crippen molar-refractivity contribution in [2.45, 2.75) is 17.9 Å². The molecule has 0 aromatic heterocycles. The molecule has 9 heteroatoms. The first-order chi connectivity index (χ1) is 9.19. The number of carboxylic acids is 1. The quantitative estimate of drug-likeness (QED) is 0.651. The Kier molecular flexibility index (Phi) is 4.69. The number of hydrogen-bond donors (Lipinski definition) is 3. The van der Waals surface area contributed by atoms with Gasteiger partial charge in [0.2, 0.25) is 15.9 Å². The van der Waals surface area contributed by atoms with Crippen molar-refractivity contribution >= 4 is 21.9 Å². The highest BCUT2D eigenvalue weighted by atomic mass is 32.2. The number of primary amides is 1. The standard InChI is InChI=1S/C11H14N2O6S/c1-6(10(12)14)13-20(17,18)7-3-4-9(19-2)8(5-7)11(15)16/h3-6,13H,1-2H3,(H2,12,14)(H,15,16). The molecule has 8 nitrogen and oxygen atoms in total. The predicted molar refractivity (Wildman–Crippen MR) is 68.9 cm³/mol. The fourth-order valence-corrected chi connectivity index (χ4v) is 2.62. The van der Waals surface area contributed by atoms with Crippen LogP contribution in [-0.4, -0.2) is 38.6 Å². The summed E-state index contributed by atoms with van der Waals surface area (Å²) in [6.45, 7) is 1.28. The maximum atomic E-state index is 12.0. The largest absolute Gasteiger partial charge is 0.496 e. The second-order valence-electron chi connectivity index (χ2n) is 3.91. The molecule has 4 N–H and O–H groups in total. The highest BCUT2D eigenvalue weighted by molar-refractivity contribution is 7.89. The van der Waals surface area contributed by atoms with E-state index < -0.39 is 27.9 Å². The molecule has 1 aromatic rings. The molecule has 20 heavy (non-hydrogen) atoms. The molecule has 0 bridgehead atoms. The van der Waals surface area contributed by atoms with Crippen molar-refractivity contribution in [2.75, 3.05) is 7.11 Å². The van der Waals surface area contributed by atoms with Crippen LogP contribution in [0.15, 0.2) is 23.1 Å². The van der Waals surface area contributed by atoms with Crippen LogP contribution in [0.4, 0.5) is 0 Å². The molecule has 0 saturated carbocycles. The van der Waals surface area contributed by atoms with Gasteiger partial charge in [0.25, 0.3) is 0 Å². The van der Waals surface area contributed by atoms with Gasteiger partial charge in [-0.15, -0.1) is 0 Å². The van der Waals surface area contributed by atoms with Crippen LogP contribution in [0.3, 0.4) is 0 Å². The number of carbonyl (C=O) groups excluding carboxylic acids is 1. The summed E-state index contributed by atoms with van der Waals surface area (Å²) in [6, 6.07) is 2.21. The average molecular weight is 302 g/mol. The minimum absolute atomic E-state index is 0.0272. The van der Waals surface area contributed by atoms with E-state index in [1.54, 1.807) is 0 Å². The van der Waals surface area contributed by atoms with E-state index in [0.717, 1.165) is 6.07 Å². The molecule has 1 unspecified atom stereocenters. The zero-order valence-corrected chi connectivity index (χ0v) is 11.6. The molecule has 0 saturated heterocycles. The van der Waals surface area contributed by atoms with Crippen LogP contribution < -0.4 is 15.2 Å². The van der Waals surface area contributed by atoms with E-state index in [2.05, 4.69) is 0 Å². The molecule has 0 fully saturated rings. The summed E-state index contributed by atoms with van der Waals surface area (Å²) in [5, 5.41) is 8.99. The monoisotopic (exact) mass is 302 g/mol. The summed E-state index contributed by atoms with van der Waals surface area (Å²) in [4.78, 5) is 21.6. The number of benzene rings is 1. The van der Waals surface area contributed by atoms with Crippen LogP contribution in [0, 0.1) is 0 Å². The first kappa shape index (κ1) is 15.9. The lowest BCUT2D eigenvalue weighted by molar-refractivity contribution is -0.119. The molecule has 1 atom stereocenters. The first-order valence-corrected chi connectivity index (χ1v) is 6.90. The van der Waals surface area contributed by atoms with Crippen LogP contribution in [0.5, 0.6) is 5.75 Å². The van der Waals surface area contributed by atoms with Crippen LogP contribution in [0.25, 0.3) is 0 Å². The highest BCUT2D eigenvalue weighted by Gasteiger charge is 2.23. The molecule has 0 aliphatic carbocycles. The lowest BCUT2D eigenvalue weighted by Gasteiger charge is -2.12. The summed E-state index contributed by atoms with van der Waals surface area (Å²) in [6.07, 6.45) is 0. The van der Waals surface area contributed by atoms with E-state index in [9.17, 15) is 18.0 Å². The fraction of sp³-hybridized carbons (Fsp3) is 0.273. The van der Waals surface area contributed by atoms with Crippen molar-refractivity contribution in [3.05, 3.63) is 23.8 Å². The summed E-state index contributed by atoms with van der Waals surface area (Å²) >= 11 is 0. The van der Waals surface area contributed by atoms with E-state index in [-0.39, 0.29) is 16.2 Å². The number of nitrogens with two attached hydrogens (primary N) is 1. The molecule has 1 aromatic carbocycles. The van der Waals surface area contributed by atoms with Crippen molar-refractivity contribution in [3.8, 4) is 5.75 Å². The molecular weight excluding hydrogens is 288 g/mol. The van der Waals surface area contributed by atoms with Gasteiger partial charge in [-0.2, -0.15) is 4.72 Å². The zero-order chi connectivity index (χ0) is 15.5. The smallest absolute Gasteiger partial charge is 0.339 e. The number of carboxylic acid groups (broad SMARTS) is 1. The van der Waals surface area contributed by atoms with Gasteiger partial charge in [-0.3, -0.25) is 4.79 Å². The van der Waals surface area contributed by atoms with E-state index in [0.29, 0.717) is 0 Å². The SMILES string of the molecule is COc1ccc(S(=O)(=O)NC(C)C(N)=O)cc1C(=O)O. The minimum Gasteiger partial charge on any atom is -0.496 e. The third-order valence-electron chi connectivity index (χ3n) is 2.47. The molecule has 0 aliphatic rings. The second-order valence-corrected chi connectivity index (χ2v) is 5.63. The lowest BCUT2D eigenvalue weighted by Crippen LogP contribution is -2.42. The Morgan fingerprint density at radius 1 is 1.40 bits per heavy atom. The maximum Gasteiger partial charge on any atom is 0.339 e. The van der Waals surface area contributed by atoms with Crippen LogP contribution in [-0.2, 0) is 14.8 Å². The Morgan fingerprint density at radius 2 is 2.00 bits per heavy atom. The van der Waals surface area contributed by atoms with Gasteiger partial charge in [-0.25, -0.2) is 13.2 Å². The Hall–Kier alpha value is -2.13. The van der Waals surface area contributed by atoms with Crippen LogP contribution in [0.2, 0.25) is 0 Å². The molecule has 1 amide bonds. The number of nitrogens with one attached hydrogen (secondary N) is 1. The zero-order valence-electron chi connectivity index (χ0n) is 10.8. The van der Waals surface area contributed by atoms with Crippen molar-refractivity contribution < 1.29 is 27.9 Å². The summed E-state index contributed by atoms with van der Waals surface area (Å²) in [7, 11) is -2.79. The molecule has 0 spiro atoms. The summed E-state index contributed by atoms with van der Waals surface area (Å²) in [5.41, 5.74) is 4.66. The van der Waals surface area contributed by atoms with E-state index in [1.807, 2.05) is 4.72 Å². The molecule has 0 heterocycles. The number of aromatic carboxylic acids is 1. The second kappa shape index (κ2) is 5.88. The average Bonchev–Trinajstić information content (AvgIpc) is 2.37. The normalized spacial score (nSPS) is 12.7. The Balaban J connectivity index is 3.23. The Labute approximate surface area is 115 Å². The van der Waals surface area contributed by atoms with Crippen molar-refractivity contribution in [1.82, 2.24) is 4.72 Å². The number of sulfonamides is 1. The minimum atomic E-state index is -4.06. The van der Waals surface area contributed by atoms with Gasteiger partial charge < -0.3 is 15.6 Å². The molecule has 0 aliphatic heterocycles. The number of amides is 1. The summed E-state index contributed by atoms with van der Waals surface area (Å²) in [5.74, 6) is -2.15. The van der Waals surface area contributed by atoms with E-state index >= 15 is 0 Å². The number of ether oxygens (including phenoxy) is 1. The van der Waals surface area contributed by atoms with Gasteiger partial charge in [0.05, 0.1) is 18.0 Å². The van der Waals surface area contributed by atoms with Gasteiger partial charge in [-0.05, 0) is 25.1 Å². The molecular formula is C11H14N2O6S. The van der Waals surface area contributed by atoms with Gasteiger partial charge in [0, 0.05) is 0 Å². The Morgan fingerprint density at radius 3 is 2.45 bits per heavy atom. The highest BCUT2D eigenvalue weighted by Crippen LogP contribution is 2.22.